The summed E-state index contributed by atoms with van der Waals surface area (Å²) in [5.74, 6) is 2.36. The Bertz CT molecular complexity index is 418. The van der Waals surface area contributed by atoms with Gasteiger partial charge in [0.15, 0.2) is 11.5 Å². The van der Waals surface area contributed by atoms with Crippen molar-refractivity contribution in [2.45, 2.75) is 19.3 Å². The van der Waals surface area contributed by atoms with Gasteiger partial charge in [-0.25, -0.2) is 0 Å². The Morgan fingerprint density at radius 2 is 2.11 bits per heavy atom. The number of allylic oxidation sites excluding steroid dienone is 1. The first-order chi connectivity index (χ1) is 8.85. The van der Waals surface area contributed by atoms with Crippen molar-refractivity contribution < 1.29 is 14.2 Å². The van der Waals surface area contributed by atoms with E-state index >= 15 is 0 Å². The van der Waals surface area contributed by atoms with Crippen LogP contribution in [-0.4, -0.2) is 19.9 Å². The van der Waals surface area contributed by atoms with Crippen LogP contribution in [0.4, 0.5) is 0 Å². The van der Waals surface area contributed by atoms with E-state index in [2.05, 4.69) is 6.58 Å². The molecule has 0 aliphatic carbocycles. The van der Waals surface area contributed by atoms with Gasteiger partial charge in [-0.15, -0.1) is 6.58 Å². The van der Waals surface area contributed by atoms with Gasteiger partial charge in [0.25, 0.3) is 0 Å². The molecule has 1 aliphatic heterocycles. The molecule has 1 aliphatic rings. The van der Waals surface area contributed by atoms with E-state index in [9.17, 15) is 0 Å². The Hall–Kier alpha value is -1.68. The van der Waals surface area contributed by atoms with Crippen molar-refractivity contribution in [2.24, 2.45) is 5.73 Å². The maximum absolute atomic E-state index is 5.78. The zero-order valence-corrected chi connectivity index (χ0v) is 10.5. The van der Waals surface area contributed by atoms with E-state index in [1.54, 1.807) is 0 Å². The van der Waals surface area contributed by atoms with Gasteiger partial charge in [0.05, 0.1) is 6.61 Å². The van der Waals surface area contributed by atoms with Crippen LogP contribution in [0.25, 0.3) is 0 Å². The van der Waals surface area contributed by atoms with Gasteiger partial charge < -0.3 is 19.9 Å². The first-order valence-corrected chi connectivity index (χ1v) is 6.21. The van der Waals surface area contributed by atoms with Crippen molar-refractivity contribution in [1.82, 2.24) is 0 Å². The van der Waals surface area contributed by atoms with Gasteiger partial charge in [0, 0.05) is 6.07 Å². The molecule has 0 bridgehead atoms. The largest absolute Gasteiger partial charge is 0.493 e. The van der Waals surface area contributed by atoms with Gasteiger partial charge in [-0.2, -0.15) is 0 Å². The van der Waals surface area contributed by atoms with Crippen LogP contribution in [0.15, 0.2) is 24.8 Å². The summed E-state index contributed by atoms with van der Waals surface area (Å²) in [5, 5.41) is 0. The van der Waals surface area contributed by atoms with Crippen LogP contribution < -0.4 is 19.9 Å². The molecule has 0 saturated carbocycles. The van der Waals surface area contributed by atoms with Crippen LogP contribution in [0.5, 0.6) is 17.2 Å². The number of hydrogen-bond donors (Lipinski definition) is 1. The fraction of sp³-hybridized carbons (Fsp3) is 0.429. The molecule has 2 N–H and O–H groups in total. The molecule has 0 spiro atoms. The predicted molar refractivity (Wildman–Crippen MR) is 70.2 cm³/mol. The van der Waals surface area contributed by atoms with Crippen LogP contribution in [0, 0.1) is 0 Å². The van der Waals surface area contributed by atoms with E-state index in [4.69, 9.17) is 19.9 Å². The Labute approximate surface area is 107 Å². The third kappa shape index (κ3) is 2.96. The molecule has 0 saturated heterocycles. The normalized spacial score (nSPS) is 12.5. The maximum Gasteiger partial charge on any atom is 0.231 e. The maximum atomic E-state index is 5.78. The van der Waals surface area contributed by atoms with Crippen molar-refractivity contribution >= 4 is 0 Å². The molecule has 2 rings (SSSR count). The standard InChI is InChI=1S/C14H19NO3/c1-2-3-4-7-16-12-9-14-13(17-10-18-14)8-11(12)5-6-15/h2,8-9H,1,3-7,10,15H2. The molecule has 1 aromatic carbocycles. The molecule has 0 amide bonds. The first kappa shape index (κ1) is 12.8. The number of ether oxygens (including phenoxy) is 3. The van der Waals surface area contributed by atoms with Crippen molar-refractivity contribution in [3.8, 4) is 17.2 Å². The lowest BCUT2D eigenvalue weighted by Gasteiger charge is -2.11. The number of unbranched alkanes of at least 4 members (excludes halogenated alkanes) is 1. The molecule has 1 heterocycles. The first-order valence-electron chi connectivity index (χ1n) is 6.21. The molecule has 0 fully saturated rings. The predicted octanol–water partition coefficient (Wildman–Crippen LogP) is 2.26. The molecule has 98 valence electrons. The number of nitrogens with two attached hydrogens (primary N) is 1. The molecule has 0 radical (unpaired) electrons. The molecule has 1 aromatic rings. The third-order valence-corrected chi connectivity index (χ3v) is 2.78. The molecule has 0 aromatic heterocycles. The quantitative estimate of drug-likeness (QED) is 0.595. The van der Waals surface area contributed by atoms with E-state index in [-0.39, 0.29) is 6.79 Å². The summed E-state index contributed by atoms with van der Waals surface area (Å²) in [6.45, 7) is 5.22. The van der Waals surface area contributed by atoms with Crippen molar-refractivity contribution in [1.29, 1.82) is 0 Å². The summed E-state index contributed by atoms with van der Waals surface area (Å²) in [7, 11) is 0. The fourth-order valence-corrected chi connectivity index (χ4v) is 1.86. The molecule has 4 heteroatoms. The van der Waals surface area contributed by atoms with Crippen molar-refractivity contribution in [3.63, 3.8) is 0 Å². The lowest BCUT2D eigenvalue weighted by molar-refractivity contribution is 0.173. The summed E-state index contributed by atoms with van der Waals surface area (Å²) in [6.07, 6.45) is 4.58. The summed E-state index contributed by atoms with van der Waals surface area (Å²) >= 11 is 0. The third-order valence-electron chi connectivity index (χ3n) is 2.78. The van der Waals surface area contributed by atoms with Crippen LogP contribution in [-0.2, 0) is 6.42 Å². The second kappa shape index (κ2) is 6.31. The summed E-state index contributed by atoms with van der Waals surface area (Å²) in [5.41, 5.74) is 6.68. The summed E-state index contributed by atoms with van der Waals surface area (Å²) in [4.78, 5) is 0. The SMILES string of the molecule is C=CCCCOc1cc2c(cc1CCN)OCO2. The van der Waals surface area contributed by atoms with Gasteiger partial charge in [-0.3, -0.25) is 0 Å². The second-order valence-electron chi connectivity index (χ2n) is 4.13. The number of fused-ring (bicyclic) bond motifs is 1. The lowest BCUT2D eigenvalue weighted by atomic mass is 10.1. The number of rotatable bonds is 7. The Morgan fingerprint density at radius 3 is 2.83 bits per heavy atom. The highest BCUT2D eigenvalue weighted by Gasteiger charge is 2.17. The monoisotopic (exact) mass is 249 g/mol. The minimum Gasteiger partial charge on any atom is -0.493 e. The average Bonchev–Trinajstić information content (AvgIpc) is 2.82. The van der Waals surface area contributed by atoms with Gasteiger partial charge in [-0.05, 0) is 37.4 Å². The van der Waals surface area contributed by atoms with Crippen LogP contribution >= 0.6 is 0 Å². The van der Waals surface area contributed by atoms with Crippen LogP contribution in [0.3, 0.4) is 0 Å². The molecule has 4 nitrogen and oxygen atoms in total. The van der Waals surface area contributed by atoms with Gasteiger partial charge in [-0.1, -0.05) is 6.08 Å². The summed E-state index contributed by atoms with van der Waals surface area (Å²) in [6, 6.07) is 3.85. The van der Waals surface area contributed by atoms with Gasteiger partial charge >= 0.3 is 0 Å². The minimum absolute atomic E-state index is 0.275. The van der Waals surface area contributed by atoms with E-state index in [0.717, 1.165) is 42.1 Å². The molecule has 18 heavy (non-hydrogen) atoms. The van der Waals surface area contributed by atoms with E-state index in [1.165, 1.54) is 0 Å². The Kier molecular flexibility index (Phi) is 4.47. The molecule has 0 unspecified atom stereocenters. The average molecular weight is 249 g/mol. The smallest absolute Gasteiger partial charge is 0.231 e. The Morgan fingerprint density at radius 1 is 1.33 bits per heavy atom. The highest BCUT2D eigenvalue weighted by molar-refractivity contribution is 5.52. The number of hydrogen-bond acceptors (Lipinski definition) is 4. The van der Waals surface area contributed by atoms with E-state index < -0.39 is 0 Å². The molecule has 0 atom stereocenters. The number of benzene rings is 1. The van der Waals surface area contributed by atoms with Gasteiger partial charge in [0.1, 0.15) is 5.75 Å². The van der Waals surface area contributed by atoms with Crippen molar-refractivity contribution in [2.75, 3.05) is 19.9 Å². The molecular weight excluding hydrogens is 230 g/mol. The zero-order chi connectivity index (χ0) is 12.8. The van der Waals surface area contributed by atoms with Crippen molar-refractivity contribution in [3.05, 3.63) is 30.4 Å². The van der Waals surface area contributed by atoms with Crippen LogP contribution in [0.1, 0.15) is 18.4 Å². The second-order valence-corrected chi connectivity index (χ2v) is 4.13. The Balaban J connectivity index is 2.08. The van der Waals surface area contributed by atoms with E-state index in [0.29, 0.717) is 13.2 Å². The minimum atomic E-state index is 0.275. The molecular formula is C14H19NO3. The highest BCUT2D eigenvalue weighted by atomic mass is 16.7. The fourth-order valence-electron chi connectivity index (χ4n) is 1.86. The topological polar surface area (TPSA) is 53.7 Å². The lowest BCUT2D eigenvalue weighted by Crippen LogP contribution is -2.06. The van der Waals surface area contributed by atoms with Crippen LogP contribution in [0.2, 0.25) is 0 Å². The summed E-state index contributed by atoms with van der Waals surface area (Å²) < 4.78 is 16.5. The van der Waals surface area contributed by atoms with Gasteiger partial charge in [0.2, 0.25) is 6.79 Å². The zero-order valence-electron chi connectivity index (χ0n) is 10.5. The highest BCUT2D eigenvalue weighted by Crippen LogP contribution is 2.38. The van der Waals surface area contributed by atoms with E-state index in [1.807, 2.05) is 18.2 Å².